The number of nitrogen functional groups attached to an aromatic ring is 1. The number of β-amino-alcohol motifs (C(OH)–C–C–N with tert-alkyl or cyclic N) is 1. The van der Waals surface area contributed by atoms with Gasteiger partial charge in [-0.05, 0) is 58.4 Å². The maximum Gasteiger partial charge on any atom is 0.246 e. The molecule has 192 valence electrons. The van der Waals surface area contributed by atoms with Gasteiger partial charge in [-0.3, -0.25) is 0 Å². The molecule has 2 aromatic heterocycles. The standard InChI is InChI=1S/C23H35N7O4S/c1-15-20(16(2)34-28-15)35(32,33)27-10-18(31)11-29-8-3-6-23(12-29)7-9-30(13-23)22-19(17-4-5-17)21(24)25-14-26-22/h14,17-18,27,31H,3-13H2,1-2H3,(H2,24,25,26)/t18-,23-/m1/s1. The van der Waals surface area contributed by atoms with Crippen molar-refractivity contribution in [3.8, 4) is 0 Å². The monoisotopic (exact) mass is 505 g/mol. The van der Waals surface area contributed by atoms with E-state index in [1.54, 1.807) is 20.2 Å². The predicted molar refractivity (Wildman–Crippen MR) is 131 cm³/mol. The van der Waals surface area contributed by atoms with E-state index in [1.807, 2.05) is 0 Å². The average molecular weight is 506 g/mol. The molecule has 2 aromatic rings. The van der Waals surface area contributed by atoms with Crippen LogP contribution in [-0.2, 0) is 10.0 Å². The normalized spacial score (nSPS) is 24.4. The number of anilines is 2. The minimum Gasteiger partial charge on any atom is -0.390 e. The van der Waals surface area contributed by atoms with Crippen LogP contribution in [0.25, 0.3) is 0 Å². The molecule has 1 spiro atoms. The summed E-state index contributed by atoms with van der Waals surface area (Å²) in [5.41, 5.74) is 7.76. The van der Waals surface area contributed by atoms with Crippen LogP contribution in [0.1, 0.15) is 55.0 Å². The van der Waals surface area contributed by atoms with E-state index >= 15 is 0 Å². The molecule has 5 rings (SSSR count). The van der Waals surface area contributed by atoms with Crippen molar-refractivity contribution in [2.24, 2.45) is 5.41 Å². The molecule has 0 bridgehead atoms. The molecule has 0 aromatic carbocycles. The summed E-state index contributed by atoms with van der Waals surface area (Å²) in [6.45, 7) is 7.11. The van der Waals surface area contributed by atoms with Crippen molar-refractivity contribution >= 4 is 21.7 Å². The molecule has 3 aliphatic rings. The molecule has 0 radical (unpaired) electrons. The fourth-order valence-corrected chi connectivity index (χ4v) is 7.23. The number of nitrogens with two attached hydrogens (primary N) is 1. The first-order chi connectivity index (χ1) is 16.7. The highest BCUT2D eigenvalue weighted by molar-refractivity contribution is 7.89. The van der Waals surface area contributed by atoms with Crippen molar-refractivity contribution in [3.63, 3.8) is 0 Å². The van der Waals surface area contributed by atoms with Gasteiger partial charge >= 0.3 is 0 Å². The maximum absolute atomic E-state index is 12.6. The molecular formula is C23H35N7O4S. The summed E-state index contributed by atoms with van der Waals surface area (Å²) in [5.74, 6) is 2.31. The topological polar surface area (TPSA) is 151 Å². The molecule has 3 fully saturated rings. The highest BCUT2D eigenvalue weighted by Gasteiger charge is 2.43. The second-order valence-corrected chi connectivity index (χ2v) is 12.1. The van der Waals surface area contributed by atoms with Crippen LogP contribution in [0.3, 0.4) is 0 Å². The average Bonchev–Trinajstić information content (AvgIpc) is 3.48. The summed E-state index contributed by atoms with van der Waals surface area (Å²) in [6.07, 6.45) is 6.28. The summed E-state index contributed by atoms with van der Waals surface area (Å²) in [7, 11) is -3.80. The Morgan fingerprint density at radius 2 is 2.06 bits per heavy atom. The first-order valence-electron chi connectivity index (χ1n) is 12.4. The molecule has 2 saturated heterocycles. The molecule has 1 saturated carbocycles. The summed E-state index contributed by atoms with van der Waals surface area (Å²) in [6, 6.07) is 0. The number of rotatable bonds is 8. The zero-order valence-electron chi connectivity index (χ0n) is 20.4. The minimum absolute atomic E-state index is 0.0450. The van der Waals surface area contributed by atoms with Crippen LogP contribution in [0.15, 0.2) is 15.7 Å². The van der Waals surface area contributed by atoms with Crippen LogP contribution < -0.4 is 15.4 Å². The van der Waals surface area contributed by atoms with E-state index in [9.17, 15) is 13.5 Å². The van der Waals surface area contributed by atoms with Crippen LogP contribution in [0.2, 0.25) is 0 Å². The van der Waals surface area contributed by atoms with E-state index in [2.05, 4.69) is 29.6 Å². The largest absolute Gasteiger partial charge is 0.390 e. The number of sulfonamides is 1. The first kappa shape index (κ1) is 24.4. The number of hydrogen-bond acceptors (Lipinski definition) is 10. The van der Waals surface area contributed by atoms with E-state index in [0.717, 1.165) is 69.7 Å². The van der Waals surface area contributed by atoms with Gasteiger partial charge in [-0.1, -0.05) is 5.16 Å². The molecular weight excluding hydrogens is 470 g/mol. The third-order valence-corrected chi connectivity index (χ3v) is 9.24. The van der Waals surface area contributed by atoms with E-state index in [4.69, 9.17) is 10.3 Å². The van der Waals surface area contributed by atoms with Gasteiger partial charge in [0, 0.05) is 43.7 Å². The third-order valence-electron chi connectivity index (χ3n) is 7.57. The third kappa shape index (κ3) is 5.02. The second kappa shape index (κ2) is 9.30. The Labute approximate surface area is 206 Å². The Bertz CT molecular complexity index is 1160. The summed E-state index contributed by atoms with van der Waals surface area (Å²) in [4.78, 5) is 13.5. The van der Waals surface area contributed by atoms with Gasteiger partial charge in [0.1, 0.15) is 28.6 Å². The van der Waals surface area contributed by atoms with E-state index in [1.165, 1.54) is 0 Å². The fraction of sp³-hybridized carbons (Fsp3) is 0.696. The quantitative estimate of drug-likeness (QED) is 0.477. The van der Waals surface area contributed by atoms with E-state index in [0.29, 0.717) is 24.0 Å². The van der Waals surface area contributed by atoms with Crippen LogP contribution in [0, 0.1) is 19.3 Å². The SMILES string of the molecule is Cc1noc(C)c1S(=O)(=O)NC[C@@H](O)CN1CCC[C@@]2(CCN(c3ncnc(N)c3C3CC3)C2)C1. The number of likely N-dealkylation sites (tertiary alicyclic amines) is 1. The number of aryl methyl sites for hydroxylation is 2. The molecule has 35 heavy (non-hydrogen) atoms. The molecule has 4 heterocycles. The molecule has 0 amide bonds. The molecule has 4 N–H and O–H groups in total. The Morgan fingerprint density at radius 1 is 1.26 bits per heavy atom. The van der Waals surface area contributed by atoms with E-state index in [-0.39, 0.29) is 22.6 Å². The van der Waals surface area contributed by atoms with Gasteiger partial charge in [-0.15, -0.1) is 0 Å². The summed E-state index contributed by atoms with van der Waals surface area (Å²) >= 11 is 0. The van der Waals surface area contributed by atoms with Gasteiger partial charge in [0.05, 0.1) is 6.10 Å². The number of nitrogens with one attached hydrogen (secondary N) is 1. The smallest absolute Gasteiger partial charge is 0.246 e. The maximum atomic E-state index is 12.6. The number of piperidine rings is 1. The van der Waals surface area contributed by atoms with Crippen molar-refractivity contribution in [2.45, 2.75) is 62.9 Å². The highest BCUT2D eigenvalue weighted by atomic mass is 32.2. The van der Waals surface area contributed by atoms with Crippen LogP contribution >= 0.6 is 0 Å². The van der Waals surface area contributed by atoms with Crippen LogP contribution in [0.4, 0.5) is 11.6 Å². The first-order valence-corrected chi connectivity index (χ1v) is 13.8. The lowest BCUT2D eigenvalue weighted by Gasteiger charge is -2.41. The fourth-order valence-electron chi connectivity index (χ4n) is 5.83. The number of hydrogen-bond donors (Lipinski definition) is 3. The Morgan fingerprint density at radius 3 is 2.77 bits per heavy atom. The van der Waals surface area contributed by atoms with Crippen LogP contribution in [-0.4, -0.2) is 78.9 Å². The summed E-state index contributed by atoms with van der Waals surface area (Å²) < 4.78 is 32.8. The lowest BCUT2D eigenvalue weighted by molar-refractivity contribution is 0.0557. The molecule has 2 atom stereocenters. The number of aromatic nitrogens is 3. The number of aliphatic hydroxyl groups is 1. The van der Waals surface area contributed by atoms with Gasteiger partial charge < -0.3 is 25.2 Å². The molecule has 2 aliphatic heterocycles. The number of nitrogens with zero attached hydrogens (tertiary/aromatic N) is 5. The van der Waals surface area contributed by atoms with Crippen molar-refractivity contribution in [1.82, 2.24) is 24.7 Å². The summed E-state index contributed by atoms with van der Waals surface area (Å²) in [5, 5.41) is 14.4. The van der Waals surface area contributed by atoms with E-state index < -0.39 is 16.1 Å². The van der Waals surface area contributed by atoms with Crippen molar-refractivity contribution in [2.75, 3.05) is 49.9 Å². The van der Waals surface area contributed by atoms with Gasteiger partial charge in [0.25, 0.3) is 0 Å². The molecule has 12 heteroatoms. The Kier molecular flexibility index (Phi) is 6.49. The highest BCUT2D eigenvalue weighted by Crippen LogP contribution is 2.48. The van der Waals surface area contributed by atoms with Gasteiger partial charge in [-0.25, -0.2) is 23.1 Å². The lowest BCUT2D eigenvalue weighted by Crippen LogP contribution is -2.49. The Hall–Kier alpha value is -2.28. The van der Waals surface area contributed by atoms with Crippen molar-refractivity contribution in [1.29, 1.82) is 0 Å². The van der Waals surface area contributed by atoms with Crippen molar-refractivity contribution < 1.29 is 18.0 Å². The molecule has 1 aliphatic carbocycles. The zero-order chi connectivity index (χ0) is 24.8. The van der Waals surface area contributed by atoms with Gasteiger partial charge in [-0.2, -0.15) is 0 Å². The second-order valence-electron chi connectivity index (χ2n) is 10.4. The minimum atomic E-state index is -3.80. The number of aliphatic hydroxyl groups excluding tert-OH is 1. The van der Waals surface area contributed by atoms with Gasteiger partial charge in [0.15, 0.2) is 5.76 Å². The zero-order valence-corrected chi connectivity index (χ0v) is 21.2. The Balaban J connectivity index is 1.19. The lowest BCUT2D eigenvalue weighted by atomic mass is 9.79. The van der Waals surface area contributed by atoms with Gasteiger partial charge in [0.2, 0.25) is 10.0 Å². The molecule has 0 unspecified atom stereocenters. The predicted octanol–water partition coefficient (Wildman–Crippen LogP) is 1.17. The van der Waals surface area contributed by atoms with Crippen LogP contribution in [0.5, 0.6) is 0 Å². The molecule has 11 nitrogen and oxygen atoms in total. The van der Waals surface area contributed by atoms with Crippen molar-refractivity contribution in [3.05, 3.63) is 23.3 Å².